The minimum Gasteiger partial charge on any atom is -0.360 e. The summed E-state index contributed by atoms with van der Waals surface area (Å²) in [5, 5.41) is 6.81. The fourth-order valence-corrected chi connectivity index (χ4v) is 2.84. The highest BCUT2D eigenvalue weighted by Gasteiger charge is 2.28. The second-order valence-corrected chi connectivity index (χ2v) is 6.68. The van der Waals surface area contributed by atoms with Gasteiger partial charge in [-0.15, -0.1) is 0 Å². The van der Waals surface area contributed by atoms with Crippen LogP contribution in [-0.4, -0.2) is 42.1 Å². The van der Waals surface area contributed by atoms with E-state index in [1.54, 1.807) is 6.07 Å². The summed E-state index contributed by atoms with van der Waals surface area (Å²) in [5.74, 6) is 1.17. The molecule has 1 amide bonds. The SMILES string of the molecule is CCN(CC/C=C/c1ccccc1)CCNC(=O)c1cc(C2CC2)on1. The Morgan fingerprint density at radius 3 is 2.85 bits per heavy atom. The predicted molar refractivity (Wildman–Crippen MR) is 103 cm³/mol. The number of rotatable bonds is 10. The first-order valence-electron chi connectivity index (χ1n) is 9.45. The van der Waals surface area contributed by atoms with Crippen LogP contribution in [0.2, 0.25) is 0 Å². The van der Waals surface area contributed by atoms with Gasteiger partial charge in [0.25, 0.3) is 5.91 Å². The van der Waals surface area contributed by atoms with Gasteiger partial charge in [-0.3, -0.25) is 4.79 Å². The van der Waals surface area contributed by atoms with E-state index in [0.29, 0.717) is 18.2 Å². The molecule has 0 spiro atoms. The Morgan fingerprint density at radius 2 is 2.12 bits per heavy atom. The molecule has 5 nitrogen and oxygen atoms in total. The summed E-state index contributed by atoms with van der Waals surface area (Å²) in [6, 6.07) is 12.1. The highest BCUT2D eigenvalue weighted by atomic mass is 16.5. The normalized spacial score (nSPS) is 14.2. The Bertz CT molecular complexity index is 720. The highest BCUT2D eigenvalue weighted by molar-refractivity contribution is 5.92. The molecule has 1 N–H and O–H groups in total. The van der Waals surface area contributed by atoms with Crippen molar-refractivity contribution in [1.82, 2.24) is 15.4 Å². The van der Waals surface area contributed by atoms with Crippen LogP contribution >= 0.6 is 0 Å². The fraction of sp³-hybridized carbons (Fsp3) is 0.429. The van der Waals surface area contributed by atoms with E-state index < -0.39 is 0 Å². The Labute approximate surface area is 155 Å². The largest absolute Gasteiger partial charge is 0.360 e. The minimum absolute atomic E-state index is 0.152. The topological polar surface area (TPSA) is 58.4 Å². The van der Waals surface area contributed by atoms with Crippen LogP contribution in [0.5, 0.6) is 0 Å². The Balaban J connectivity index is 1.35. The average molecular weight is 353 g/mol. The molecule has 0 aliphatic heterocycles. The Hall–Kier alpha value is -2.40. The molecule has 0 bridgehead atoms. The minimum atomic E-state index is -0.152. The van der Waals surface area contributed by atoms with Crippen molar-refractivity contribution < 1.29 is 9.32 Å². The number of carbonyl (C=O) groups is 1. The molecule has 1 heterocycles. The molecule has 0 radical (unpaired) electrons. The van der Waals surface area contributed by atoms with Crippen LogP contribution in [-0.2, 0) is 0 Å². The second-order valence-electron chi connectivity index (χ2n) is 6.68. The van der Waals surface area contributed by atoms with Crippen LogP contribution in [0.25, 0.3) is 6.08 Å². The zero-order valence-corrected chi connectivity index (χ0v) is 15.4. The molecule has 138 valence electrons. The van der Waals surface area contributed by atoms with Crippen LogP contribution in [0.3, 0.4) is 0 Å². The smallest absolute Gasteiger partial charge is 0.273 e. The number of carbonyl (C=O) groups excluding carboxylic acids is 1. The van der Waals surface area contributed by atoms with Crippen molar-refractivity contribution in [3.8, 4) is 0 Å². The van der Waals surface area contributed by atoms with Gasteiger partial charge in [0, 0.05) is 31.6 Å². The average Bonchev–Trinajstić information content (AvgIpc) is 3.41. The molecule has 26 heavy (non-hydrogen) atoms. The number of nitrogens with one attached hydrogen (secondary N) is 1. The maximum Gasteiger partial charge on any atom is 0.273 e. The van der Waals surface area contributed by atoms with Crippen LogP contribution in [0, 0.1) is 0 Å². The number of hydrogen-bond acceptors (Lipinski definition) is 4. The van der Waals surface area contributed by atoms with E-state index in [4.69, 9.17) is 4.52 Å². The maximum atomic E-state index is 12.1. The highest BCUT2D eigenvalue weighted by Crippen LogP contribution is 2.40. The molecule has 0 unspecified atom stereocenters. The van der Waals surface area contributed by atoms with Crippen LogP contribution in [0.15, 0.2) is 47.0 Å². The lowest BCUT2D eigenvalue weighted by molar-refractivity contribution is 0.0939. The first-order chi connectivity index (χ1) is 12.8. The fourth-order valence-electron chi connectivity index (χ4n) is 2.84. The lowest BCUT2D eigenvalue weighted by Gasteiger charge is -2.19. The summed E-state index contributed by atoms with van der Waals surface area (Å²) in [5.41, 5.74) is 1.61. The first kappa shape index (κ1) is 18.4. The molecule has 1 aromatic heterocycles. The molecule has 5 heteroatoms. The van der Waals surface area contributed by atoms with E-state index in [1.165, 1.54) is 5.56 Å². The quantitative estimate of drug-likeness (QED) is 0.707. The molecule has 2 aromatic rings. The molecular weight excluding hydrogens is 326 g/mol. The van der Waals surface area contributed by atoms with Gasteiger partial charge in [0.1, 0.15) is 5.76 Å². The molecule has 1 aliphatic carbocycles. The van der Waals surface area contributed by atoms with Gasteiger partial charge in [0.15, 0.2) is 5.69 Å². The molecule has 1 aliphatic rings. The Morgan fingerprint density at radius 1 is 1.31 bits per heavy atom. The summed E-state index contributed by atoms with van der Waals surface area (Å²) in [4.78, 5) is 14.5. The van der Waals surface area contributed by atoms with E-state index in [-0.39, 0.29) is 5.91 Å². The van der Waals surface area contributed by atoms with Gasteiger partial charge in [-0.25, -0.2) is 0 Å². The zero-order valence-electron chi connectivity index (χ0n) is 15.4. The number of amides is 1. The molecule has 1 aromatic carbocycles. The molecule has 0 saturated heterocycles. The summed E-state index contributed by atoms with van der Waals surface area (Å²) in [6.07, 6.45) is 7.62. The van der Waals surface area contributed by atoms with Crippen LogP contribution < -0.4 is 5.32 Å². The predicted octanol–water partition coefficient (Wildman–Crippen LogP) is 3.71. The van der Waals surface area contributed by atoms with E-state index in [0.717, 1.165) is 44.7 Å². The van der Waals surface area contributed by atoms with Crippen molar-refractivity contribution in [3.05, 3.63) is 59.5 Å². The third kappa shape index (κ3) is 5.56. The van der Waals surface area contributed by atoms with E-state index in [2.05, 4.69) is 46.6 Å². The standard InChI is InChI=1S/C21H27N3O2/c1-2-24(14-7-6-10-17-8-4-3-5-9-17)15-13-22-21(25)19-16-20(26-23-19)18-11-12-18/h3-6,8-10,16,18H,2,7,11-15H2,1H3,(H,22,25)/b10-6+. The number of likely N-dealkylation sites (N-methyl/N-ethyl adjacent to an activating group) is 1. The lowest BCUT2D eigenvalue weighted by atomic mass is 10.2. The maximum absolute atomic E-state index is 12.1. The summed E-state index contributed by atoms with van der Waals surface area (Å²) in [6.45, 7) is 5.52. The first-order valence-corrected chi connectivity index (χ1v) is 9.45. The lowest BCUT2D eigenvalue weighted by Crippen LogP contribution is -2.35. The number of aromatic nitrogens is 1. The molecule has 0 atom stereocenters. The van der Waals surface area contributed by atoms with Gasteiger partial charge >= 0.3 is 0 Å². The van der Waals surface area contributed by atoms with Crippen molar-refractivity contribution >= 4 is 12.0 Å². The van der Waals surface area contributed by atoms with E-state index in [1.807, 2.05) is 18.2 Å². The van der Waals surface area contributed by atoms with Gasteiger partial charge in [-0.05, 0) is 31.4 Å². The number of benzene rings is 1. The van der Waals surface area contributed by atoms with Gasteiger partial charge < -0.3 is 14.7 Å². The number of nitrogens with zero attached hydrogens (tertiary/aromatic N) is 2. The van der Waals surface area contributed by atoms with Gasteiger partial charge in [0.2, 0.25) is 0 Å². The van der Waals surface area contributed by atoms with Crippen LogP contribution in [0.4, 0.5) is 0 Å². The van der Waals surface area contributed by atoms with E-state index in [9.17, 15) is 4.79 Å². The van der Waals surface area contributed by atoms with E-state index >= 15 is 0 Å². The van der Waals surface area contributed by atoms with Gasteiger partial charge in [-0.2, -0.15) is 0 Å². The van der Waals surface area contributed by atoms with Crippen molar-refractivity contribution in [2.75, 3.05) is 26.2 Å². The number of hydrogen-bond donors (Lipinski definition) is 1. The molecule has 1 saturated carbocycles. The van der Waals surface area contributed by atoms with Crippen molar-refractivity contribution in [1.29, 1.82) is 0 Å². The second kappa shape index (κ2) is 9.34. The summed E-state index contributed by atoms with van der Waals surface area (Å²) >= 11 is 0. The third-order valence-electron chi connectivity index (χ3n) is 4.62. The van der Waals surface area contributed by atoms with Crippen molar-refractivity contribution in [2.45, 2.75) is 32.1 Å². The van der Waals surface area contributed by atoms with Gasteiger partial charge in [-0.1, -0.05) is 54.6 Å². The zero-order chi connectivity index (χ0) is 18.2. The molecule has 3 rings (SSSR count). The van der Waals surface area contributed by atoms with Gasteiger partial charge in [0.05, 0.1) is 0 Å². The summed E-state index contributed by atoms with van der Waals surface area (Å²) < 4.78 is 5.23. The third-order valence-corrected chi connectivity index (χ3v) is 4.62. The Kier molecular flexibility index (Phi) is 6.61. The molecular formula is C21H27N3O2. The monoisotopic (exact) mass is 353 g/mol. The molecule has 1 fully saturated rings. The van der Waals surface area contributed by atoms with Crippen molar-refractivity contribution in [3.63, 3.8) is 0 Å². The van der Waals surface area contributed by atoms with Crippen LogP contribution in [0.1, 0.15) is 53.9 Å². The summed E-state index contributed by atoms with van der Waals surface area (Å²) in [7, 11) is 0. The van der Waals surface area contributed by atoms with Crippen molar-refractivity contribution in [2.24, 2.45) is 0 Å².